The lowest BCUT2D eigenvalue weighted by Gasteiger charge is -2.45. The molecular weight excluding hydrogens is 474 g/mol. The quantitative estimate of drug-likeness (QED) is 0.465. The number of aliphatic hydroxyl groups is 1. The van der Waals surface area contributed by atoms with Crippen molar-refractivity contribution in [1.82, 2.24) is 19.6 Å². The second-order valence-electron chi connectivity index (χ2n) is 10.6. The first-order valence-corrected chi connectivity index (χ1v) is 12.1. The number of anilines is 3. The maximum Gasteiger partial charge on any atom is 0.258 e. The molecule has 5 rings (SSSR count). The molecule has 0 aliphatic carbocycles. The highest BCUT2D eigenvalue weighted by Crippen LogP contribution is 2.37. The molecule has 0 aromatic carbocycles. The number of amides is 2. The minimum absolute atomic E-state index is 0.0214. The van der Waals surface area contributed by atoms with E-state index in [1.165, 1.54) is 24.2 Å². The van der Waals surface area contributed by atoms with Crippen LogP contribution < -0.4 is 20.9 Å². The second-order valence-corrected chi connectivity index (χ2v) is 10.6. The molecule has 2 atom stereocenters. The van der Waals surface area contributed by atoms with E-state index in [9.17, 15) is 14.7 Å². The molecule has 192 valence electrons. The number of hydrogen-bond acceptors (Lipinski definition) is 9. The van der Waals surface area contributed by atoms with Gasteiger partial charge in [-0.3, -0.25) is 9.59 Å². The molecule has 0 saturated carbocycles. The SMILES string of the molecule is CC1(O)CCN(c2cc3c(NC4CCN(c5cnc(C#N)cn5)CC4(C)C)c(C(N)=O)cnn3c2)C1=O. The van der Waals surface area contributed by atoms with Crippen LogP contribution in [0.4, 0.5) is 17.2 Å². The van der Waals surface area contributed by atoms with Gasteiger partial charge in [-0.25, -0.2) is 14.5 Å². The molecule has 3 aromatic rings. The number of nitrogens with one attached hydrogen (secondary N) is 1. The first-order chi connectivity index (χ1) is 17.5. The molecular formula is C25H29N9O3. The van der Waals surface area contributed by atoms with Gasteiger partial charge in [0.15, 0.2) is 5.69 Å². The zero-order chi connectivity index (χ0) is 26.5. The molecule has 5 heterocycles. The van der Waals surface area contributed by atoms with Gasteiger partial charge < -0.3 is 26.0 Å². The van der Waals surface area contributed by atoms with E-state index in [0.717, 1.165) is 6.42 Å². The highest BCUT2D eigenvalue weighted by atomic mass is 16.3. The van der Waals surface area contributed by atoms with Crippen molar-refractivity contribution in [2.24, 2.45) is 11.1 Å². The average molecular weight is 504 g/mol. The van der Waals surface area contributed by atoms with Crippen molar-refractivity contribution in [1.29, 1.82) is 5.26 Å². The van der Waals surface area contributed by atoms with Crippen molar-refractivity contribution in [2.75, 3.05) is 34.8 Å². The van der Waals surface area contributed by atoms with Crippen molar-refractivity contribution < 1.29 is 14.7 Å². The number of primary amides is 1. The van der Waals surface area contributed by atoms with E-state index in [1.54, 1.807) is 23.0 Å². The van der Waals surface area contributed by atoms with Crippen LogP contribution in [0.2, 0.25) is 0 Å². The molecule has 2 aliphatic heterocycles. The Balaban J connectivity index is 1.45. The standard InChI is InChI=1S/C25H29N9O3/c1-24(2)14-32(20-12-28-15(9-26)10-29-20)6-4-19(24)31-21-17(22(27)35)11-30-34-13-16(8-18(21)34)33-7-5-25(3,37)23(33)36/h8,10-13,19,31,37H,4-7,14H2,1-3H3,(H2,27,35). The molecule has 3 aromatic heterocycles. The van der Waals surface area contributed by atoms with Crippen molar-refractivity contribution in [3.05, 3.63) is 42.1 Å². The number of fused-ring (bicyclic) bond motifs is 1. The van der Waals surface area contributed by atoms with Gasteiger partial charge in [0.25, 0.3) is 11.8 Å². The van der Waals surface area contributed by atoms with Crippen LogP contribution in [0, 0.1) is 16.7 Å². The normalized spacial score (nSPS) is 23.3. The van der Waals surface area contributed by atoms with Crippen LogP contribution in [0.5, 0.6) is 0 Å². The van der Waals surface area contributed by atoms with Gasteiger partial charge in [0.05, 0.1) is 47.2 Å². The predicted octanol–water partition coefficient (Wildman–Crippen LogP) is 1.30. The van der Waals surface area contributed by atoms with Crippen LogP contribution in [0.1, 0.15) is 49.7 Å². The monoisotopic (exact) mass is 503 g/mol. The molecule has 0 bridgehead atoms. The maximum atomic E-state index is 12.7. The van der Waals surface area contributed by atoms with Crippen molar-refractivity contribution in [3.63, 3.8) is 0 Å². The van der Waals surface area contributed by atoms with E-state index in [-0.39, 0.29) is 28.6 Å². The fourth-order valence-corrected chi connectivity index (χ4v) is 5.14. The lowest BCUT2D eigenvalue weighted by atomic mass is 9.79. The van der Waals surface area contributed by atoms with Crippen LogP contribution in [-0.2, 0) is 4.79 Å². The largest absolute Gasteiger partial charge is 0.380 e. The van der Waals surface area contributed by atoms with Gasteiger partial charge in [-0.1, -0.05) is 13.8 Å². The number of nitrogens with zero attached hydrogens (tertiary/aromatic N) is 7. The Morgan fingerprint density at radius 1 is 1.24 bits per heavy atom. The average Bonchev–Trinajstić information content (AvgIpc) is 3.40. The maximum absolute atomic E-state index is 12.7. The molecule has 37 heavy (non-hydrogen) atoms. The summed E-state index contributed by atoms with van der Waals surface area (Å²) in [4.78, 5) is 37.2. The van der Waals surface area contributed by atoms with Crippen LogP contribution in [0.15, 0.2) is 30.9 Å². The molecule has 0 radical (unpaired) electrons. The van der Waals surface area contributed by atoms with Gasteiger partial charge in [-0.15, -0.1) is 0 Å². The van der Waals surface area contributed by atoms with Crippen LogP contribution in [-0.4, -0.2) is 67.8 Å². The smallest absolute Gasteiger partial charge is 0.258 e. The molecule has 12 heteroatoms. The highest BCUT2D eigenvalue weighted by Gasteiger charge is 2.42. The summed E-state index contributed by atoms with van der Waals surface area (Å²) in [6.07, 6.45) is 7.29. The van der Waals surface area contributed by atoms with Crippen molar-refractivity contribution in [3.8, 4) is 6.07 Å². The fourth-order valence-electron chi connectivity index (χ4n) is 5.14. The third-order valence-corrected chi connectivity index (χ3v) is 7.35. The molecule has 2 fully saturated rings. The second kappa shape index (κ2) is 8.70. The van der Waals surface area contributed by atoms with E-state index in [4.69, 9.17) is 11.0 Å². The van der Waals surface area contributed by atoms with Crippen molar-refractivity contribution >= 4 is 34.5 Å². The van der Waals surface area contributed by atoms with E-state index in [2.05, 4.69) is 39.1 Å². The molecule has 2 aliphatic rings. The lowest BCUT2D eigenvalue weighted by Crippen LogP contribution is -2.52. The third-order valence-electron chi connectivity index (χ3n) is 7.35. The Bertz CT molecular complexity index is 1420. The van der Waals surface area contributed by atoms with Crippen LogP contribution in [0.25, 0.3) is 5.52 Å². The van der Waals surface area contributed by atoms with E-state index in [0.29, 0.717) is 48.8 Å². The first kappa shape index (κ1) is 24.5. The molecule has 4 N–H and O–H groups in total. The van der Waals surface area contributed by atoms with Gasteiger partial charge in [0.2, 0.25) is 0 Å². The summed E-state index contributed by atoms with van der Waals surface area (Å²) in [5.74, 6) is -0.270. The summed E-state index contributed by atoms with van der Waals surface area (Å²) in [7, 11) is 0. The number of nitriles is 1. The number of rotatable bonds is 5. The molecule has 12 nitrogen and oxygen atoms in total. The Kier molecular flexibility index (Phi) is 5.75. The first-order valence-electron chi connectivity index (χ1n) is 12.1. The number of nitrogens with two attached hydrogens (primary N) is 1. The highest BCUT2D eigenvalue weighted by molar-refractivity contribution is 6.04. The summed E-state index contributed by atoms with van der Waals surface area (Å²) in [6.45, 7) is 7.52. The number of carbonyl (C=O) groups excluding carboxylic acids is 2. The van der Waals surface area contributed by atoms with Gasteiger partial charge in [0.1, 0.15) is 17.5 Å². The minimum atomic E-state index is -1.40. The summed E-state index contributed by atoms with van der Waals surface area (Å²) >= 11 is 0. The number of carbonyl (C=O) groups is 2. The van der Waals surface area contributed by atoms with E-state index < -0.39 is 11.5 Å². The Labute approximate surface area is 213 Å². The number of aromatic nitrogens is 4. The lowest BCUT2D eigenvalue weighted by molar-refractivity contribution is -0.131. The van der Waals surface area contributed by atoms with Crippen LogP contribution in [0.3, 0.4) is 0 Å². The summed E-state index contributed by atoms with van der Waals surface area (Å²) in [5.41, 5.74) is 6.35. The Morgan fingerprint density at radius 3 is 2.62 bits per heavy atom. The zero-order valence-corrected chi connectivity index (χ0v) is 21.0. The summed E-state index contributed by atoms with van der Waals surface area (Å²) in [5, 5.41) is 27.2. The Hall–Kier alpha value is -4.24. The van der Waals surface area contributed by atoms with E-state index in [1.807, 2.05) is 6.07 Å². The zero-order valence-electron chi connectivity index (χ0n) is 21.0. The molecule has 2 saturated heterocycles. The molecule has 0 spiro atoms. The van der Waals surface area contributed by atoms with Crippen molar-refractivity contribution in [2.45, 2.75) is 45.3 Å². The number of hydrogen-bond donors (Lipinski definition) is 3. The predicted molar refractivity (Wildman–Crippen MR) is 136 cm³/mol. The van der Waals surface area contributed by atoms with Gasteiger partial charge in [-0.2, -0.15) is 10.4 Å². The van der Waals surface area contributed by atoms with Gasteiger partial charge >= 0.3 is 0 Å². The van der Waals surface area contributed by atoms with Gasteiger partial charge in [0, 0.05) is 37.5 Å². The number of piperidine rings is 1. The topological polar surface area (TPSA) is 166 Å². The summed E-state index contributed by atoms with van der Waals surface area (Å²) in [6, 6.07) is 3.75. The minimum Gasteiger partial charge on any atom is -0.380 e. The van der Waals surface area contributed by atoms with Gasteiger partial charge in [-0.05, 0) is 19.4 Å². The molecule has 2 amide bonds. The summed E-state index contributed by atoms with van der Waals surface area (Å²) < 4.78 is 1.61. The third kappa shape index (κ3) is 4.31. The van der Waals surface area contributed by atoms with E-state index >= 15 is 0 Å². The Morgan fingerprint density at radius 2 is 2.03 bits per heavy atom. The fraction of sp³-hybridized carbons (Fsp3) is 0.440. The molecule has 2 unspecified atom stereocenters. The van der Waals surface area contributed by atoms with Crippen LogP contribution >= 0.6 is 0 Å².